The molecular weight excluding hydrogens is 352 g/mol. The highest BCUT2D eigenvalue weighted by molar-refractivity contribution is 7.89. The maximum Gasteiger partial charge on any atom is 0.263 e. The number of carbonyl (C=O) groups is 1. The van der Waals surface area contributed by atoms with E-state index in [-0.39, 0.29) is 23.9 Å². The number of amides is 1. The predicted molar refractivity (Wildman–Crippen MR) is 98.3 cm³/mol. The molecule has 0 radical (unpaired) electrons. The zero-order valence-electron chi connectivity index (χ0n) is 14.6. The van der Waals surface area contributed by atoms with Crippen LogP contribution in [0.3, 0.4) is 0 Å². The van der Waals surface area contributed by atoms with Crippen molar-refractivity contribution < 1.29 is 17.9 Å². The van der Waals surface area contributed by atoms with Crippen LogP contribution in [-0.2, 0) is 14.8 Å². The van der Waals surface area contributed by atoms with Gasteiger partial charge in [0.1, 0.15) is 5.75 Å². The van der Waals surface area contributed by atoms with E-state index in [1.54, 1.807) is 54.3 Å². The molecular formula is C19H22N2O4S. The molecule has 26 heavy (non-hydrogen) atoms. The van der Waals surface area contributed by atoms with E-state index in [0.29, 0.717) is 18.8 Å². The van der Waals surface area contributed by atoms with E-state index in [1.165, 1.54) is 4.31 Å². The summed E-state index contributed by atoms with van der Waals surface area (Å²) in [6, 6.07) is 17.5. The van der Waals surface area contributed by atoms with E-state index < -0.39 is 16.1 Å². The summed E-state index contributed by atoms with van der Waals surface area (Å²) in [6.45, 7) is 2.98. The van der Waals surface area contributed by atoms with Crippen LogP contribution >= 0.6 is 0 Å². The Kier molecular flexibility index (Phi) is 5.58. The summed E-state index contributed by atoms with van der Waals surface area (Å²) in [5, 5.41) is 0. The lowest BCUT2D eigenvalue weighted by molar-refractivity contribution is -0.139. The third-order valence-electron chi connectivity index (χ3n) is 4.34. The Hall–Kier alpha value is -2.38. The number of carbonyl (C=O) groups excluding carboxylic acids is 1. The van der Waals surface area contributed by atoms with Crippen molar-refractivity contribution in [2.24, 2.45) is 0 Å². The molecule has 7 heteroatoms. The van der Waals surface area contributed by atoms with Crippen molar-refractivity contribution in [1.82, 2.24) is 9.21 Å². The average molecular weight is 374 g/mol. The molecule has 1 saturated heterocycles. The van der Waals surface area contributed by atoms with Gasteiger partial charge >= 0.3 is 0 Å². The van der Waals surface area contributed by atoms with Gasteiger partial charge in [0, 0.05) is 26.2 Å². The zero-order chi connectivity index (χ0) is 18.6. The number of hydrogen-bond acceptors (Lipinski definition) is 4. The highest BCUT2D eigenvalue weighted by Crippen LogP contribution is 2.18. The van der Waals surface area contributed by atoms with Crippen LogP contribution in [0.1, 0.15) is 6.92 Å². The van der Waals surface area contributed by atoms with Gasteiger partial charge in [-0.3, -0.25) is 4.79 Å². The fraction of sp³-hybridized carbons (Fsp3) is 0.316. The first-order valence-corrected chi connectivity index (χ1v) is 9.98. The molecule has 0 bridgehead atoms. The van der Waals surface area contributed by atoms with Gasteiger partial charge in [-0.2, -0.15) is 4.31 Å². The SMILES string of the molecule is C[C@@H](Oc1ccccc1)C(=O)N1CCN(S(=O)(=O)c2ccccc2)CC1. The molecule has 138 valence electrons. The van der Waals surface area contributed by atoms with Crippen LogP contribution in [0.4, 0.5) is 0 Å². The lowest BCUT2D eigenvalue weighted by Gasteiger charge is -2.35. The molecule has 0 aromatic heterocycles. The number of nitrogens with zero attached hydrogens (tertiary/aromatic N) is 2. The molecule has 0 unspecified atom stereocenters. The molecule has 3 rings (SSSR count). The molecule has 2 aromatic rings. The normalized spacial score (nSPS) is 16.9. The van der Waals surface area contributed by atoms with Gasteiger partial charge in [0.05, 0.1) is 4.90 Å². The van der Waals surface area contributed by atoms with E-state index >= 15 is 0 Å². The highest BCUT2D eigenvalue weighted by Gasteiger charge is 2.31. The van der Waals surface area contributed by atoms with Crippen molar-refractivity contribution in [3.63, 3.8) is 0 Å². The van der Waals surface area contributed by atoms with Crippen molar-refractivity contribution in [2.75, 3.05) is 26.2 Å². The molecule has 1 aliphatic rings. The molecule has 6 nitrogen and oxygen atoms in total. The number of hydrogen-bond donors (Lipinski definition) is 0. The first kappa shape index (κ1) is 18.4. The maximum atomic E-state index is 12.6. The first-order valence-electron chi connectivity index (χ1n) is 8.54. The monoisotopic (exact) mass is 374 g/mol. The molecule has 1 aliphatic heterocycles. The maximum absolute atomic E-state index is 12.6. The van der Waals surface area contributed by atoms with Crippen LogP contribution in [0.15, 0.2) is 65.6 Å². The minimum absolute atomic E-state index is 0.134. The second kappa shape index (κ2) is 7.88. The summed E-state index contributed by atoms with van der Waals surface area (Å²) in [7, 11) is -3.52. The van der Waals surface area contributed by atoms with Crippen molar-refractivity contribution in [3.05, 3.63) is 60.7 Å². The molecule has 1 heterocycles. The fourth-order valence-corrected chi connectivity index (χ4v) is 4.34. The van der Waals surface area contributed by atoms with Crippen LogP contribution in [0.5, 0.6) is 5.75 Å². The summed E-state index contributed by atoms with van der Waals surface area (Å²) in [4.78, 5) is 14.5. The fourth-order valence-electron chi connectivity index (χ4n) is 2.90. The summed E-state index contributed by atoms with van der Waals surface area (Å²) >= 11 is 0. The number of benzene rings is 2. The Labute approximate surface area is 154 Å². The second-order valence-electron chi connectivity index (χ2n) is 6.12. The van der Waals surface area contributed by atoms with Crippen LogP contribution in [0.2, 0.25) is 0 Å². The third kappa shape index (κ3) is 4.05. The average Bonchev–Trinajstić information content (AvgIpc) is 2.69. The predicted octanol–water partition coefficient (Wildman–Crippen LogP) is 1.99. The quantitative estimate of drug-likeness (QED) is 0.803. The van der Waals surface area contributed by atoms with Crippen LogP contribution in [-0.4, -0.2) is 55.8 Å². The van der Waals surface area contributed by atoms with Gasteiger partial charge in [-0.1, -0.05) is 36.4 Å². The smallest absolute Gasteiger partial charge is 0.263 e. The van der Waals surface area contributed by atoms with Crippen LogP contribution in [0.25, 0.3) is 0 Å². The third-order valence-corrected chi connectivity index (χ3v) is 6.25. The van der Waals surface area contributed by atoms with Gasteiger partial charge < -0.3 is 9.64 Å². The van der Waals surface area contributed by atoms with E-state index in [4.69, 9.17) is 4.74 Å². The Bertz CT molecular complexity index is 832. The van der Waals surface area contributed by atoms with Crippen LogP contribution in [0, 0.1) is 0 Å². The highest BCUT2D eigenvalue weighted by atomic mass is 32.2. The van der Waals surface area contributed by atoms with Crippen molar-refractivity contribution in [1.29, 1.82) is 0 Å². The molecule has 1 fully saturated rings. The van der Waals surface area contributed by atoms with E-state index in [1.807, 2.05) is 18.2 Å². The number of piperazine rings is 1. The molecule has 1 atom stereocenters. The zero-order valence-corrected chi connectivity index (χ0v) is 15.4. The number of para-hydroxylation sites is 1. The van der Waals surface area contributed by atoms with E-state index in [9.17, 15) is 13.2 Å². The lowest BCUT2D eigenvalue weighted by atomic mass is 10.3. The largest absolute Gasteiger partial charge is 0.481 e. The number of rotatable bonds is 5. The minimum atomic E-state index is -3.52. The van der Waals surface area contributed by atoms with Crippen molar-refractivity contribution in [3.8, 4) is 5.75 Å². The summed E-state index contributed by atoms with van der Waals surface area (Å²) < 4.78 is 32.4. The van der Waals surface area contributed by atoms with Crippen molar-refractivity contribution in [2.45, 2.75) is 17.9 Å². The summed E-state index contributed by atoms with van der Waals surface area (Å²) in [6.07, 6.45) is -0.616. The van der Waals surface area contributed by atoms with E-state index in [0.717, 1.165) is 0 Å². The molecule has 2 aromatic carbocycles. The molecule has 0 aliphatic carbocycles. The lowest BCUT2D eigenvalue weighted by Crippen LogP contribution is -2.53. The molecule has 1 amide bonds. The van der Waals surface area contributed by atoms with Gasteiger partial charge in [0.2, 0.25) is 10.0 Å². The summed E-state index contributed by atoms with van der Waals surface area (Å²) in [5.74, 6) is 0.504. The Morgan fingerprint density at radius 2 is 1.46 bits per heavy atom. The minimum Gasteiger partial charge on any atom is -0.481 e. The summed E-state index contributed by atoms with van der Waals surface area (Å²) in [5.41, 5.74) is 0. The Balaban J connectivity index is 1.59. The van der Waals surface area contributed by atoms with Gasteiger partial charge in [0.15, 0.2) is 6.10 Å². The van der Waals surface area contributed by atoms with Gasteiger partial charge in [-0.15, -0.1) is 0 Å². The number of ether oxygens (including phenoxy) is 1. The van der Waals surface area contributed by atoms with Gasteiger partial charge in [-0.05, 0) is 31.2 Å². The Morgan fingerprint density at radius 1 is 0.923 bits per heavy atom. The van der Waals surface area contributed by atoms with E-state index in [2.05, 4.69) is 0 Å². The Morgan fingerprint density at radius 3 is 2.04 bits per heavy atom. The van der Waals surface area contributed by atoms with Crippen LogP contribution < -0.4 is 4.74 Å². The molecule has 0 N–H and O–H groups in total. The molecule has 0 spiro atoms. The second-order valence-corrected chi connectivity index (χ2v) is 8.05. The first-order chi connectivity index (χ1) is 12.5. The topological polar surface area (TPSA) is 66.9 Å². The number of sulfonamides is 1. The van der Waals surface area contributed by atoms with Gasteiger partial charge in [-0.25, -0.2) is 8.42 Å². The molecule has 0 saturated carbocycles. The standard InChI is InChI=1S/C19H22N2O4S/c1-16(25-17-8-4-2-5-9-17)19(22)20-12-14-21(15-13-20)26(23,24)18-10-6-3-7-11-18/h2-11,16H,12-15H2,1H3/t16-/m1/s1. The van der Waals surface area contributed by atoms with Gasteiger partial charge in [0.25, 0.3) is 5.91 Å². The van der Waals surface area contributed by atoms with Crippen molar-refractivity contribution >= 4 is 15.9 Å².